The number of aromatic nitrogens is 5. The number of imidazole rings is 1. The molecule has 0 unspecified atom stereocenters. The van der Waals surface area contributed by atoms with Crippen LogP contribution in [0.2, 0.25) is 0 Å². The molecule has 2 fully saturated rings. The number of hydrogen-bond acceptors (Lipinski definition) is 22. The first kappa shape index (κ1) is 107. The van der Waals surface area contributed by atoms with E-state index in [4.69, 9.17) is 22.6 Å². The molecule has 0 saturated carbocycles. The van der Waals surface area contributed by atoms with E-state index in [0.717, 1.165) is 36.3 Å². The molecule has 2 aromatic carbocycles. The first-order valence-corrected chi connectivity index (χ1v) is 45.4. The minimum Gasteiger partial charge on any atom is -0.394 e. The molecule has 2 aliphatic heterocycles. The number of likely N-dealkylation sites (N-methyl/N-ethyl adjacent to an activating group) is 4. The summed E-state index contributed by atoms with van der Waals surface area (Å²) in [5, 5.41) is 46.7. The van der Waals surface area contributed by atoms with Gasteiger partial charge in [0.05, 0.1) is 38.2 Å². The van der Waals surface area contributed by atoms with Gasteiger partial charge in [-0.15, -0.1) is 11.8 Å². The summed E-state index contributed by atoms with van der Waals surface area (Å²) in [5.74, 6) is -18.0. The van der Waals surface area contributed by atoms with Crippen LogP contribution in [0, 0.1) is 17.2 Å². The van der Waals surface area contributed by atoms with Crippen molar-refractivity contribution in [3.8, 4) is 0 Å². The number of Topliss-reactive ketones (excluding diaryl/α,β-unsaturated/α-hetero) is 1. The van der Waals surface area contributed by atoms with Gasteiger partial charge in [0.1, 0.15) is 78.1 Å². The molecule has 724 valence electrons. The van der Waals surface area contributed by atoms with E-state index in [1.165, 1.54) is 53.8 Å². The number of fused-ring (bicyclic) bond motifs is 3. The number of rotatable bonds is 26. The number of nitrogens with two attached hydrogens (primary N) is 3. The van der Waals surface area contributed by atoms with Crippen LogP contribution >= 0.6 is 11.8 Å². The number of guanidine groups is 1. The normalized spacial score (nSPS) is 23.4. The van der Waals surface area contributed by atoms with Crippen LogP contribution in [-0.2, 0) is 107 Å². The quantitative estimate of drug-likeness (QED) is 0.0176. The van der Waals surface area contributed by atoms with E-state index in [2.05, 4.69) is 78.1 Å². The molecule has 2 saturated heterocycles. The highest BCUT2D eigenvalue weighted by Gasteiger charge is 2.44. The van der Waals surface area contributed by atoms with Crippen LogP contribution in [0.5, 0.6) is 0 Å². The molecule has 21 N–H and O–H groups in total. The zero-order chi connectivity index (χ0) is 96.6. The predicted octanol–water partition coefficient (Wildman–Crippen LogP) is -1.02. The number of carbonyl (C=O) groups is 17. The van der Waals surface area contributed by atoms with E-state index >= 15 is 24.0 Å². The van der Waals surface area contributed by atoms with Crippen LogP contribution in [0.15, 0.2) is 97.8 Å². The highest BCUT2D eigenvalue weighted by molar-refractivity contribution is 8.00. The first-order chi connectivity index (χ1) is 62.9. The third kappa shape index (κ3) is 31.2. The zero-order valence-corrected chi connectivity index (χ0v) is 76.8. The average molecular weight is 1870 g/mol. The van der Waals surface area contributed by atoms with Crippen molar-refractivity contribution in [2.75, 3.05) is 72.5 Å². The number of H-pyrrole nitrogens is 3. The highest BCUT2D eigenvalue weighted by Crippen LogP contribution is 2.27. The number of aliphatic hydroxyl groups is 1. The van der Waals surface area contributed by atoms with Gasteiger partial charge in [-0.05, 0) is 99.1 Å². The minimum absolute atomic E-state index is 0. The van der Waals surface area contributed by atoms with E-state index < -0.39 is 229 Å². The second-order valence-corrected chi connectivity index (χ2v) is 34.9. The van der Waals surface area contributed by atoms with Gasteiger partial charge in [0, 0.05) is 125 Å². The average Bonchev–Trinajstić information content (AvgIpc) is 1.76. The van der Waals surface area contributed by atoms with E-state index in [9.17, 15) is 62.6 Å². The lowest BCUT2D eigenvalue weighted by Gasteiger charge is -2.36. The second-order valence-electron chi connectivity index (χ2n) is 33.8. The van der Waals surface area contributed by atoms with E-state index in [1.54, 1.807) is 93.0 Å². The Kier molecular flexibility index (Phi) is 41.7. The van der Waals surface area contributed by atoms with Crippen LogP contribution in [0.25, 0.3) is 21.9 Å². The molecular weight excluding hydrogens is 1740 g/mol. The molecule has 8 rings (SSSR count). The van der Waals surface area contributed by atoms with Gasteiger partial charge in [-0.2, -0.15) is 0 Å². The molecule has 6 aromatic rings. The summed E-state index contributed by atoms with van der Waals surface area (Å²) in [5.41, 5.74) is 19.8. The lowest BCUT2D eigenvalue weighted by molar-refractivity contribution is -0.149. The molecule has 16 amide bonds. The maximum absolute atomic E-state index is 15.7. The van der Waals surface area contributed by atoms with Crippen LogP contribution in [0.4, 0.5) is 0 Å². The summed E-state index contributed by atoms with van der Waals surface area (Å²) < 4.78 is 0. The van der Waals surface area contributed by atoms with Gasteiger partial charge in [0.15, 0.2) is 11.7 Å². The summed E-state index contributed by atoms with van der Waals surface area (Å²) >= 11 is 0.795. The van der Waals surface area contributed by atoms with Crippen molar-refractivity contribution >= 4 is 140 Å². The number of nitrogens with zero attached hydrogens (tertiary/aromatic N) is 7. The molecule has 6 heterocycles. The number of ketones is 1. The van der Waals surface area contributed by atoms with Crippen LogP contribution in [0.1, 0.15) is 148 Å². The Morgan fingerprint density at radius 2 is 1.20 bits per heavy atom. The largest absolute Gasteiger partial charge is 0.394 e. The van der Waals surface area contributed by atoms with Gasteiger partial charge < -0.3 is 115 Å². The fourth-order valence-electron chi connectivity index (χ4n) is 15.9. The lowest BCUT2D eigenvalue weighted by atomic mass is 9.92. The number of carbonyl (C=O) groups excluding carboxylic acids is 17. The molecular formula is C90H130N24O18S. The van der Waals surface area contributed by atoms with Crippen molar-refractivity contribution in [1.82, 2.24) is 103 Å². The number of thioether (sulfide) groups is 1. The molecule has 133 heavy (non-hydrogen) atoms. The Labute approximate surface area is 776 Å². The standard InChI is InChI=1S/C89H126N24O18S.CH4/c1-10-12-28-69-82(125)102-61(27-20-32-96-89(92)93)79(122)108-68(78(121)99-44-73(91)117)47-132-48-74(118)101-64(35-52-22-15-14-16-23-52)85(128)110(7)51(5)76(119)104-66(40-72(90)116)87(130)113-33-21-30-70(113)83(126)103-62(39-56-43-94-49-100-56)80(123)105-63(34-50(3)4)84(127)109(6)45-57(115)37-53(36-54-41-97-60-26-18-17-24-58(54)60)77(120)107-67(46-114)81(124)106-65(38-55-42-98-75-59(55)25-19-31-95-75)86(129)112(9)71(29-13-11-2)88(131)111(69)8;/h14-19,22-26,31,41-43,49-51,53,61-71,97,114H,10-13,20-21,27-30,32-40,44-48H2,1-9H3,(H2,90,116)(H2,91,117)(H,94,100)(H,95,98)(H,99,121)(H,101,118)(H,102,125)(H,103,126)(H,104,119)(H,105,123)(H,106,124)(H,107,120)(H,108,122)(H4,92,93,96);1H4/t51-,53+,61-,62-,63-,64-,65-,66-,67-,68-,69-,70-,71-;/m0./s1. The Morgan fingerprint density at radius 3 is 1.86 bits per heavy atom. The molecule has 0 bridgehead atoms. The Bertz CT molecular complexity index is 5050. The summed E-state index contributed by atoms with van der Waals surface area (Å²) in [6.45, 7) is 6.07. The zero-order valence-electron chi connectivity index (χ0n) is 75.9. The van der Waals surface area contributed by atoms with Gasteiger partial charge in [0.25, 0.3) is 0 Å². The molecule has 0 spiro atoms. The maximum Gasteiger partial charge on any atom is 0.246 e. The number of para-hydroxylation sites is 1. The molecule has 0 aliphatic carbocycles. The lowest BCUT2D eigenvalue weighted by Crippen LogP contribution is -2.61. The number of benzene rings is 2. The predicted molar refractivity (Wildman–Crippen MR) is 495 cm³/mol. The molecule has 13 atom stereocenters. The summed E-state index contributed by atoms with van der Waals surface area (Å²) in [4.78, 5) is 272. The van der Waals surface area contributed by atoms with Crippen molar-refractivity contribution in [1.29, 1.82) is 5.41 Å². The molecule has 2 aliphatic rings. The third-order valence-electron chi connectivity index (χ3n) is 23.3. The van der Waals surface area contributed by atoms with Crippen LogP contribution in [0.3, 0.4) is 0 Å². The number of amides is 16. The summed E-state index contributed by atoms with van der Waals surface area (Å²) in [6, 6.07) is 0.872. The SMILES string of the molecule is C.CCCC[C@H]1C(=O)N(C)[C@@H](CCCC)C(=O)N[C@@H](CCCNC(=N)N)C(=O)N[C@H](C(=O)NCC(N)=O)CSCC(=O)N[C@@H](Cc2ccccc2)C(=O)N(C)[C@@H](C)C(=O)N[C@@H](CC(N)=O)C(=O)N2CCC[C@H]2C(=O)N[C@@H](Cc2cnc[nH]2)C(=O)N[C@@H](CC(C)C)C(=O)N(C)CC(=O)C[C@@H](Cc2c[nH]c3ccccc23)C(=O)N[C@@H](CO)C(=O)N[C@@H](Cc2c[nH]c3ncccc23)C(=O)N1C. The number of unbranched alkanes of at least 4 members (excludes halogenated alkanes) is 2. The van der Waals surface area contributed by atoms with Gasteiger partial charge in [-0.25, -0.2) is 9.97 Å². The van der Waals surface area contributed by atoms with Crippen molar-refractivity contribution < 1.29 is 86.6 Å². The van der Waals surface area contributed by atoms with Gasteiger partial charge >= 0.3 is 0 Å². The number of hydrogen-bond donors (Lipinski definition) is 18. The van der Waals surface area contributed by atoms with Gasteiger partial charge in [0.2, 0.25) is 94.5 Å². The number of aliphatic hydroxyl groups excluding tert-OH is 1. The fourth-order valence-corrected chi connectivity index (χ4v) is 16.8. The first-order valence-electron chi connectivity index (χ1n) is 44.3. The number of primary amides is 2. The van der Waals surface area contributed by atoms with Crippen LogP contribution in [-0.4, -0.2) is 306 Å². The second kappa shape index (κ2) is 52.0. The van der Waals surface area contributed by atoms with E-state index in [1.807, 2.05) is 13.8 Å². The van der Waals surface area contributed by atoms with Gasteiger partial charge in [-0.3, -0.25) is 86.9 Å². The third-order valence-corrected chi connectivity index (χ3v) is 24.3. The van der Waals surface area contributed by atoms with Crippen LogP contribution < -0.4 is 70.4 Å². The maximum atomic E-state index is 15.7. The molecule has 4 aromatic heterocycles. The molecule has 43 heteroatoms. The van der Waals surface area contributed by atoms with Crippen molar-refractivity contribution in [2.24, 2.45) is 29.0 Å². The highest BCUT2D eigenvalue weighted by atomic mass is 32.2. The minimum atomic E-state index is -1.82. The number of nitrogens with one attached hydrogen (secondary N) is 14. The van der Waals surface area contributed by atoms with E-state index in [-0.39, 0.29) is 97.1 Å². The summed E-state index contributed by atoms with van der Waals surface area (Å²) in [7, 11) is 5.28. The van der Waals surface area contributed by atoms with Crippen molar-refractivity contribution in [2.45, 2.75) is 224 Å². The Balaban J connectivity index is 0.0000242. The number of pyridine rings is 1. The molecule has 0 radical (unpaired) electrons. The monoisotopic (exact) mass is 1870 g/mol. The van der Waals surface area contributed by atoms with Crippen molar-refractivity contribution in [3.05, 3.63) is 120 Å². The smallest absolute Gasteiger partial charge is 0.246 e. The van der Waals surface area contributed by atoms with Crippen molar-refractivity contribution in [3.63, 3.8) is 0 Å². The number of aromatic amines is 3. The fraction of sp³-hybridized carbons (Fsp3) is 0.533. The summed E-state index contributed by atoms with van der Waals surface area (Å²) in [6.07, 6.45) is 7.06. The Morgan fingerprint density at radius 1 is 0.586 bits per heavy atom. The molecule has 42 nitrogen and oxygen atoms in total. The Hall–Kier alpha value is -13.4. The topological polar surface area (TPSA) is 622 Å². The van der Waals surface area contributed by atoms with E-state index in [0.29, 0.717) is 70.0 Å². The van der Waals surface area contributed by atoms with Gasteiger partial charge in [-0.1, -0.05) is 109 Å².